The van der Waals surface area contributed by atoms with Crippen molar-refractivity contribution in [3.63, 3.8) is 0 Å². The first kappa shape index (κ1) is 87.5. The van der Waals surface area contributed by atoms with Gasteiger partial charge in [0.15, 0.2) is 0 Å². The van der Waals surface area contributed by atoms with Crippen LogP contribution in [0.15, 0.2) is 94.6 Å². The quantitative estimate of drug-likeness (QED) is 0.0174. The van der Waals surface area contributed by atoms with E-state index in [1.807, 2.05) is 30.8 Å². The number of carbonyl (C=O) groups is 11. The van der Waals surface area contributed by atoms with E-state index < -0.39 is 154 Å². The van der Waals surface area contributed by atoms with E-state index in [4.69, 9.17) is 20.2 Å². The molecule has 2 aromatic heterocycles. The highest BCUT2D eigenvalue weighted by atomic mass is 32.2. The number of carboxylic acids is 1. The maximum atomic E-state index is 15.6. The van der Waals surface area contributed by atoms with Gasteiger partial charge in [0, 0.05) is 97.7 Å². The second-order valence-electron chi connectivity index (χ2n) is 29.7. The number of nitrogens with zero attached hydrogens (tertiary/aromatic N) is 6. The van der Waals surface area contributed by atoms with Crippen LogP contribution in [-0.4, -0.2) is 213 Å². The third-order valence-electron chi connectivity index (χ3n) is 20.8. The number of urea groups is 3. The van der Waals surface area contributed by atoms with Crippen molar-refractivity contribution < 1.29 is 93.3 Å². The van der Waals surface area contributed by atoms with Crippen molar-refractivity contribution >= 4 is 109 Å². The highest BCUT2D eigenvalue weighted by Crippen LogP contribution is 2.47. The first-order chi connectivity index (χ1) is 55.4. The molecular weight excluding hydrogens is 1560 g/mol. The molecule has 4 aromatic carbocycles. The summed E-state index contributed by atoms with van der Waals surface area (Å²) in [5.41, 5.74) is 4.92. The van der Waals surface area contributed by atoms with Gasteiger partial charge in [0.05, 0.1) is 65.4 Å². The monoisotopic (exact) mass is 1650 g/mol. The number of pyridine rings is 2. The van der Waals surface area contributed by atoms with Crippen LogP contribution in [0.3, 0.4) is 0 Å². The summed E-state index contributed by atoms with van der Waals surface area (Å²) < 4.78 is 99.1. The molecule has 628 valence electrons. The Morgan fingerprint density at radius 2 is 1.40 bits per heavy atom. The molecule has 0 spiro atoms. The number of likely N-dealkylation sites (tertiary alicyclic amines) is 1. The number of carboxylic acid groups (broad SMARTS) is 1. The number of halogens is 4. The molecule has 3 aliphatic heterocycles. The number of nitrogens with two attached hydrogens (primary N) is 1. The second kappa shape index (κ2) is 37.4. The van der Waals surface area contributed by atoms with E-state index in [1.54, 1.807) is 25.8 Å². The van der Waals surface area contributed by atoms with Gasteiger partial charge in [-0.15, -0.1) is 0 Å². The minimum absolute atomic E-state index is 0.00832. The average Bonchev–Trinajstić information content (AvgIpc) is 1.58. The number of aliphatic carboxylic acids is 1. The van der Waals surface area contributed by atoms with Crippen LogP contribution in [0.1, 0.15) is 124 Å². The Morgan fingerprint density at radius 3 is 2.05 bits per heavy atom. The number of amides is 11. The Bertz CT molecular complexity index is 5030. The van der Waals surface area contributed by atoms with Crippen molar-refractivity contribution in [2.75, 3.05) is 101 Å². The van der Waals surface area contributed by atoms with Gasteiger partial charge in [0.1, 0.15) is 30.5 Å². The number of carbonyl (C=O) groups excluding carboxylic acids is 10. The average molecular weight is 1650 g/mol. The van der Waals surface area contributed by atoms with Gasteiger partial charge in [-0.2, -0.15) is 13.2 Å². The van der Waals surface area contributed by atoms with Crippen LogP contribution in [-0.2, 0) is 83.0 Å². The molecule has 10 rings (SSSR count). The molecule has 1 aliphatic carbocycles. The van der Waals surface area contributed by atoms with Crippen molar-refractivity contribution in [1.29, 1.82) is 0 Å². The number of esters is 2. The number of alkyl halides is 3. The molecule has 6 aromatic rings. The number of sulfonamides is 1. The van der Waals surface area contributed by atoms with Crippen molar-refractivity contribution in [2.45, 2.75) is 146 Å². The molecule has 1 saturated heterocycles. The first-order valence-corrected chi connectivity index (χ1v) is 39.5. The largest absolute Gasteiger partial charge is 0.481 e. The number of anilines is 4. The Hall–Kier alpha value is -11.8. The normalized spacial score (nSPS) is 16.9. The van der Waals surface area contributed by atoms with Gasteiger partial charge < -0.3 is 87.4 Å². The minimum atomic E-state index is -5.25. The van der Waals surface area contributed by atoms with Gasteiger partial charge in [-0.25, -0.2) is 41.8 Å². The van der Waals surface area contributed by atoms with E-state index in [9.17, 15) is 84.2 Å². The van der Waals surface area contributed by atoms with Crippen LogP contribution in [0.25, 0.3) is 22.3 Å². The van der Waals surface area contributed by atoms with Crippen LogP contribution < -0.4 is 63.9 Å². The van der Waals surface area contributed by atoms with Crippen molar-refractivity contribution in [3.8, 4) is 11.4 Å². The molecule has 13 N–H and O–H groups in total. The maximum absolute atomic E-state index is 15.6. The van der Waals surface area contributed by atoms with Crippen LogP contribution in [0.4, 0.5) is 54.7 Å². The van der Waals surface area contributed by atoms with E-state index in [2.05, 4.69) is 52.6 Å². The van der Waals surface area contributed by atoms with Crippen LogP contribution in [0, 0.1) is 18.7 Å². The SMILES string of the molecule is CCCNC(=O)Nc1cccc(S(=O)(=O)Nc2cccc(C(CC(=O)O)NC(=O)Nc3ccc(NC(=O)NCCN(C)CCN(C)CCN(C)CC(=O)NC(CC(N)=O)C(=O)N4CCCC4C(=O)NC(C(=O)OC4(CC)C(=O)OCc5c4cc4n(c5=O)Cc5c-4nc4cc(F)c(C)c6c4c5C(NC(=O)C(F)(F)F)CC6)C(C)C)cc3)c2)c1. The predicted octanol–water partition coefficient (Wildman–Crippen LogP) is 5.52. The number of nitrogens with one attached hydrogen (secondary N) is 10. The number of ether oxygens (including phenoxy) is 2. The zero-order valence-electron chi connectivity index (χ0n) is 65.6. The third-order valence-corrected chi connectivity index (χ3v) is 22.1. The summed E-state index contributed by atoms with van der Waals surface area (Å²) in [5, 5.41) is 33.4. The molecule has 6 unspecified atom stereocenters. The fourth-order valence-corrected chi connectivity index (χ4v) is 15.7. The van der Waals surface area contributed by atoms with Gasteiger partial charge in [0.2, 0.25) is 29.2 Å². The van der Waals surface area contributed by atoms with E-state index in [-0.39, 0.29) is 118 Å². The van der Waals surface area contributed by atoms with Crippen molar-refractivity contribution in [3.05, 3.63) is 140 Å². The van der Waals surface area contributed by atoms with E-state index >= 15 is 4.39 Å². The number of aryl methyl sites for hydroxylation is 1. The lowest BCUT2D eigenvalue weighted by Gasteiger charge is -2.37. The van der Waals surface area contributed by atoms with E-state index in [1.165, 1.54) is 102 Å². The lowest BCUT2D eigenvalue weighted by atomic mass is 9.81. The fourth-order valence-electron chi connectivity index (χ4n) is 14.6. The molecule has 39 heteroatoms. The van der Waals surface area contributed by atoms with E-state index in [0.717, 1.165) is 6.07 Å². The number of primary amides is 1. The zero-order valence-corrected chi connectivity index (χ0v) is 66.5. The highest BCUT2D eigenvalue weighted by Gasteiger charge is 2.53. The van der Waals surface area contributed by atoms with Crippen LogP contribution >= 0.6 is 0 Å². The fraction of sp³-hybridized carbons (Fsp3) is 0.449. The molecule has 5 heterocycles. The predicted molar refractivity (Wildman–Crippen MR) is 420 cm³/mol. The second-order valence-corrected chi connectivity index (χ2v) is 31.3. The lowest BCUT2D eigenvalue weighted by Crippen LogP contribution is -2.58. The highest BCUT2D eigenvalue weighted by molar-refractivity contribution is 7.92. The molecule has 0 saturated carbocycles. The molecule has 1 fully saturated rings. The molecule has 4 aliphatic rings. The lowest BCUT2D eigenvalue weighted by molar-refractivity contribution is -0.191. The number of benzene rings is 4. The molecule has 11 amide bonds. The zero-order chi connectivity index (χ0) is 85.1. The van der Waals surface area contributed by atoms with Gasteiger partial charge in [-0.1, -0.05) is 45.9 Å². The summed E-state index contributed by atoms with van der Waals surface area (Å²) >= 11 is 0. The first-order valence-electron chi connectivity index (χ1n) is 38.0. The summed E-state index contributed by atoms with van der Waals surface area (Å²) in [6.07, 6.45) is -5.62. The minimum Gasteiger partial charge on any atom is -0.481 e. The number of likely N-dealkylation sites (N-methyl/N-ethyl adjacent to an activating group) is 3. The van der Waals surface area contributed by atoms with Crippen molar-refractivity contribution in [2.24, 2.45) is 11.7 Å². The molecule has 0 bridgehead atoms. The van der Waals surface area contributed by atoms with Crippen molar-refractivity contribution in [1.82, 2.24) is 61.1 Å². The van der Waals surface area contributed by atoms with Gasteiger partial charge >= 0.3 is 48.1 Å². The maximum Gasteiger partial charge on any atom is 0.471 e. The standard InChI is InChI=1S/C78H95F4N17O17S/c1-9-25-84-74(110)88-47-15-12-17-49(34-47)117(113,114)94-48-16-11-14-44(33-48)56(38-63(102)103)92-76(112)87-46-21-19-45(20-22-46)86-75(111)85-26-28-95(6)29-30-96(7)31-32-97(8)40-62(101)89-58(37-61(83)100)70(106)98-27-13-18-59(98)68(104)93-66(42(3)4)71(107)116-77(10-2)53-35-60-67-51(39-99(60)69(105)52(53)41-115-73(77)109)65-55(91-72(108)78(80,81)82)24-23-50-43(5)54(79)36-57(90-67)64(50)65/h11-12,14-17,19-22,33-36,42,55-56,58-59,66,94H,9-10,13,18,23-32,37-41H2,1-8H3,(H2,83,100)(H,89,101)(H,91,108)(H,93,104)(H,102,103)(H2,84,88,110)(H2,85,86,111)(H2,87,92,112). The summed E-state index contributed by atoms with van der Waals surface area (Å²) in [6, 6.07) is 11.7. The number of cyclic esters (lactones) is 1. The Kier molecular flexibility index (Phi) is 28.0. The van der Waals surface area contributed by atoms with Gasteiger partial charge in [0.25, 0.3) is 15.6 Å². The molecule has 34 nitrogen and oxygen atoms in total. The van der Waals surface area contributed by atoms with Gasteiger partial charge in [-0.3, -0.25) is 43.2 Å². The summed E-state index contributed by atoms with van der Waals surface area (Å²) in [4.78, 5) is 173. The topological polar surface area (TPSA) is 455 Å². The molecular formula is C78H95F4N17O17S. The summed E-state index contributed by atoms with van der Waals surface area (Å²) in [7, 11) is 1.22. The number of fused-ring (bicyclic) bond motifs is 5. The Balaban J connectivity index is 0.666. The summed E-state index contributed by atoms with van der Waals surface area (Å²) in [5.74, 6) is -10.2. The Labute approximate surface area is 670 Å². The van der Waals surface area contributed by atoms with Crippen LogP contribution in [0.5, 0.6) is 0 Å². The summed E-state index contributed by atoms with van der Waals surface area (Å²) in [6.45, 7) is 10.2. The molecule has 6 atom stereocenters. The van der Waals surface area contributed by atoms with E-state index in [0.29, 0.717) is 74.4 Å². The smallest absolute Gasteiger partial charge is 0.471 e. The number of rotatable bonds is 34. The Morgan fingerprint density at radius 1 is 0.761 bits per heavy atom. The number of aromatic nitrogens is 2. The molecule has 0 radical (unpaired) electrons. The number of hydrogen-bond donors (Lipinski definition) is 12. The molecule has 117 heavy (non-hydrogen) atoms. The third kappa shape index (κ3) is 21.1. The van der Waals surface area contributed by atoms with Gasteiger partial charge in [-0.05, 0) is 155 Å². The van der Waals surface area contributed by atoms with Crippen LogP contribution in [0.2, 0.25) is 0 Å². The number of hydrogen-bond acceptors (Lipinski definition) is 20.